The Morgan fingerprint density at radius 1 is 1.04 bits per heavy atom. The molecule has 25 heavy (non-hydrogen) atoms. The molecule has 1 aliphatic carbocycles. The lowest BCUT2D eigenvalue weighted by Gasteiger charge is -2.15. The van der Waals surface area contributed by atoms with Crippen LogP contribution in [-0.4, -0.2) is 17.9 Å². The smallest absolute Gasteiger partial charge is 0.261 e. The summed E-state index contributed by atoms with van der Waals surface area (Å²) in [6.07, 6.45) is 2.11. The Bertz CT molecular complexity index is 953. The van der Waals surface area contributed by atoms with Gasteiger partial charge < -0.3 is 10.6 Å². The largest absolute Gasteiger partial charge is 0.340 e. The normalized spacial score (nSPS) is 13.6. The molecule has 1 aromatic heterocycles. The van der Waals surface area contributed by atoms with Crippen molar-refractivity contribution in [2.75, 3.05) is 5.32 Å². The van der Waals surface area contributed by atoms with E-state index in [0.29, 0.717) is 4.88 Å². The number of thiophene rings is 1. The molecule has 1 atom stereocenters. The average Bonchev–Trinajstić information content (AvgIpc) is 3.28. The first-order chi connectivity index (χ1) is 12.1. The molecule has 1 heterocycles. The predicted octanol–water partition coefficient (Wildman–Crippen LogP) is 3.76. The number of anilines is 1. The molecule has 4 rings (SSSR count). The van der Waals surface area contributed by atoms with Crippen LogP contribution in [0.3, 0.4) is 0 Å². The van der Waals surface area contributed by atoms with Crippen molar-refractivity contribution in [3.05, 3.63) is 63.8 Å². The Balaban J connectivity index is 1.53. The summed E-state index contributed by atoms with van der Waals surface area (Å²) in [5.74, 6) is -0.443. The Labute approximate surface area is 149 Å². The molecule has 0 saturated heterocycles. The van der Waals surface area contributed by atoms with Gasteiger partial charge in [-0.2, -0.15) is 0 Å². The molecule has 1 aliphatic rings. The molecular weight excluding hydrogens is 332 g/mol. The summed E-state index contributed by atoms with van der Waals surface area (Å²) in [6, 6.07) is 13.2. The van der Waals surface area contributed by atoms with E-state index >= 15 is 0 Å². The first-order valence-electron chi connectivity index (χ1n) is 8.32. The SMILES string of the molecule is CC(NC(=O)c1cccs1)C(=O)Nc1ccc2c3c(cccc13)CC2. The molecule has 2 amide bonds. The second-order valence-electron chi connectivity index (χ2n) is 6.27. The second-order valence-corrected chi connectivity index (χ2v) is 7.22. The molecule has 0 bridgehead atoms. The fourth-order valence-electron chi connectivity index (χ4n) is 3.34. The predicted molar refractivity (Wildman–Crippen MR) is 101 cm³/mol. The third-order valence-corrected chi connectivity index (χ3v) is 5.49. The topological polar surface area (TPSA) is 58.2 Å². The summed E-state index contributed by atoms with van der Waals surface area (Å²) < 4.78 is 0. The Morgan fingerprint density at radius 3 is 2.60 bits per heavy atom. The van der Waals surface area contributed by atoms with Crippen LogP contribution < -0.4 is 10.6 Å². The molecule has 1 unspecified atom stereocenters. The molecule has 0 radical (unpaired) electrons. The highest BCUT2D eigenvalue weighted by Gasteiger charge is 2.20. The van der Waals surface area contributed by atoms with Gasteiger partial charge in [-0.25, -0.2) is 0 Å². The van der Waals surface area contributed by atoms with Crippen molar-refractivity contribution in [3.63, 3.8) is 0 Å². The van der Waals surface area contributed by atoms with Crippen molar-refractivity contribution in [2.45, 2.75) is 25.8 Å². The highest BCUT2D eigenvalue weighted by molar-refractivity contribution is 7.12. The molecule has 0 saturated carbocycles. The van der Waals surface area contributed by atoms with Crippen molar-refractivity contribution in [2.24, 2.45) is 0 Å². The number of amides is 2. The monoisotopic (exact) mass is 350 g/mol. The molecule has 2 aromatic carbocycles. The van der Waals surface area contributed by atoms with Gasteiger partial charge in [-0.3, -0.25) is 9.59 Å². The molecule has 2 N–H and O–H groups in total. The number of benzene rings is 2. The van der Waals surface area contributed by atoms with Crippen LogP contribution in [0, 0.1) is 0 Å². The first-order valence-corrected chi connectivity index (χ1v) is 9.20. The van der Waals surface area contributed by atoms with Crippen LogP contribution in [0.1, 0.15) is 27.7 Å². The van der Waals surface area contributed by atoms with Gasteiger partial charge in [0, 0.05) is 11.1 Å². The van der Waals surface area contributed by atoms with Crippen molar-refractivity contribution in [3.8, 4) is 0 Å². The van der Waals surface area contributed by atoms with Gasteiger partial charge in [0.25, 0.3) is 5.91 Å². The van der Waals surface area contributed by atoms with Crippen molar-refractivity contribution >= 4 is 39.6 Å². The Hall–Kier alpha value is -2.66. The molecule has 3 aromatic rings. The fourth-order valence-corrected chi connectivity index (χ4v) is 3.96. The average molecular weight is 350 g/mol. The van der Waals surface area contributed by atoms with E-state index < -0.39 is 6.04 Å². The number of nitrogens with one attached hydrogen (secondary N) is 2. The van der Waals surface area contributed by atoms with Crippen LogP contribution in [-0.2, 0) is 17.6 Å². The number of rotatable bonds is 4. The van der Waals surface area contributed by atoms with E-state index in [1.54, 1.807) is 13.0 Å². The highest BCUT2D eigenvalue weighted by Crippen LogP contribution is 2.35. The van der Waals surface area contributed by atoms with E-state index in [0.717, 1.165) is 23.9 Å². The third-order valence-electron chi connectivity index (χ3n) is 4.62. The quantitative estimate of drug-likeness (QED) is 0.753. The van der Waals surface area contributed by atoms with Gasteiger partial charge in [-0.05, 0) is 53.8 Å². The molecule has 4 nitrogen and oxygen atoms in total. The highest BCUT2D eigenvalue weighted by atomic mass is 32.1. The van der Waals surface area contributed by atoms with E-state index in [2.05, 4.69) is 22.8 Å². The minimum absolute atomic E-state index is 0.219. The zero-order valence-electron chi connectivity index (χ0n) is 13.8. The lowest BCUT2D eigenvalue weighted by Crippen LogP contribution is -2.41. The zero-order valence-corrected chi connectivity index (χ0v) is 14.7. The minimum Gasteiger partial charge on any atom is -0.340 e. The number of carbonyl (C=O) groups is 2. The van der Waals surface area contributed by atoms with Gasteiger partial charge in [0.05, 0.1) is 4.88 Å². The van der Waals surface area contributed by atoms with Gasteiger partial charge in [0.2, 0.25) is 5.91 Å². The molecule has 0 aliphatic heterocycles. The number of aryl methyl sites for hydroxylation is 2. The van der Waals surface area contributed by atoms with Gasteiger partial charge in [-0.1, -0.05) is 30.3 Å². The minimum atomic E-state index is -0.613. The van der Waals surface area contributed by atoms with Crippen molar-refractivity contribution < 1.29 is 9.59 Å². The summed E-state index contributed by atoms with van der Waals surface area (Å²) in [4.78, 5) is 25.2. The van der Waals surface area contributed by atoms with Gasteiger partial charge in [0.1, 0.15) is 6.04 Å². The third kappa shape index (κ3) is 2.91. The van der Waals surface area contributed by atoms with E-state index in [1.807, 2.05) is 29.6 Å². The summed E-state index contributed by atoms with van der Waals surface area (Å²) in [5, 5.41) is 9.88. The lowest BCUT2D eigenvalue weighted by molar-refractivity contribution is -0.117. The van der Waals surface area contributed by atoms with E-state index in [1.165, 1.54) is 27.8 Å². The summed E-state index contributed by atoms with van der Waals surface area (Å²) in [6.45, 7) is 1.70. The number of hydrogen-bond acceptors (Lipinski definition) is 3. The summed E-state index contributed by atoms with van der Waals surface area (Å²) >= 11 is 1.36. The van der Waals surface area contributed by atoms with Gasteiger partial charge in [0.15, 0.2) is 0 Å². The van der Waals surface area contributed by atoms with Gasteiger partial charge >= 0.3 is 0 Å². The summed E-state index contributed by atoms with van der Waals surface area (Å²) in [7, 11) is 0. The van der Waals surface area contributed by atoms with Crippen LogP contribution in [0.2, 0.25) is 0 Å². The summed E-state index contributed by atoms with van der Waals surface area (Å²) in [5.41, 5.74) is 3.47. The molecule has 5 heteroatoms. The first kappa shape index (κ1) is 15.8. The lowest BCUT2D eigenvalue weighted by atomic mass is 10.0. The van der Waals surface area contributed by atoms with Gasteiger partial charge in [-0.15, -0.1) is 11.3 Å². The molecule has 0 fully saturated rings. The molecular formula is C20H18N2O2S. The standard InChI is InChI=1S/C20H18N2O2S/c1-12(21-20(24)17-6-3-11-25-17)19(23)22-16-10-9-14-8-7-13-4-2-5-15(16)18(13)14/h2-6,9-12H,7-8H2,1H3,(H,21,24)(H,22,23). The zero-order chi connectivity index (χ0) is 17.4. The van der Waals surface area contributed by atoms with E-state index in [4.69, 9.17) is 0 Å². The molecule has 126 valence electrons. The Morgan fingerprint density at radius 2 is 1.84 bits per heavy atom. The van der Waals surface area contributed by atoms with Crippen LogP contribution in [0.25, 0.3) is 10.8 Å². The fraction of sp³-hybridized carbons (Fsp3) is 0.200. The van der Waals surface area contributed by atoms with Crippen molar-refractivity contribution in [1.82, 2.24) is 5.32 Å². The maximum absolute atomic E-state index is 12.5. The van der Waals surface area contributed by atoms with Crippen LogP contribution in [0.5, 0.6) is 0 Å². The Kier molecular flexibility index (Phi) is 4.01. The van der Waals surface area contributed by atoms with E-state index in [-0.39, 0.29) is 11.8 Å². The number of carbonyl (C=O) groups excluding carboxylic acids is 2. The molecule has 0 spiro atoms. The van der Waals surface area contributed by atoms with Crippen molar-refractivity contribution in [1.29, 1.82) is 0 Å². The van der Waals surface area contributed by atoms with Crippen LogP contribution in [0.4, 0.5) is 5.69 Å². The van der Waals surface area contributed by atoms with Crippen LogP contribution in [0.15, 0.2) is 47.8 Å². The number of hydrogen-bond donors (Lipinski definition) is 2. The second kappa shape index (κ2) is 6.33. The van der Waals surface area contributed by atoms with E-state index in [9.17, 15) is 9.59 Å². The maximum atomic E-state index is 12.5. The maximum Gasteiger partial charge on any atom is 0.261 e. The van der Waals surface area contributed by atoms with Crippen LogP contribution >= 0.6 is 11.3 Å².